The van der Waals surface area contributed by atoms with Crippen LogP contribution in [0.3, 0.4) is 0 Å². The van der Waals surface area contributed by atoms with Gasteiger partial charge in [-0.05, 0) is 54.1 Å². The number of fused-ring (bicyclic) bond motifs is 2. The molecular weight excluding hydrogens is 550 g/mol. The molecule has 4 heterocycles. The average molecular weight is 582 g/mol. The van der Waals surface area contributed by atoms with Crippen molar-refractivity contribution in [2.75, 3.05) is 50.1 Å². The second kappa shape index (κ2) is 9.94. The monoisotopic (exact) mass is 581 g/mol. The number of carbonyl (C=O) groups is 1. The Kier molecular flexibility index (Phi) is 6.67. The van der Waals surface area contributed by atoms with Crippen LogP contribution in [0.4, 0.5) is 5.69 Å². The van der Waals surface area contributed by atoms with Crippen molar-refractivity contribution in [3.63, 3.8) is 0 Å². The van der Waals surface area contributed by atoms with Crippen molar-refractivity contribution in [3.8, 4) is 0 Å². The van der Waals surface area contributed by atoms with Crippen LogP contribution in [0.5, 0.6) is 0 Å². The van der Waals surface area contributed by atoms with Gasteiger partial charge in [-0.2, -0.15) is 0 Å². The highest BCUT2D eigenvalue weighted by molar-refractivity contribution is 7.91. The second-order valence-electron chi connectivity index (χ2n) is 11.1. The zero-order valence-electron chi connectivity index (χ0n) is 22.7. The largest absolute Gasteiger partial charge is 0.373 e. The Morgan fingerprint density at radius 3 is 2.58 bits per heavy atom. The first-order valence-corrected chi connectivity index (χ1v) is 15.8. The number of hydrogen-bond donors (Lipinski definition) is 1. The summed E-state index contributed by atoms with van der Waals surface area (Å²) in [6.07, 6.45) is 7.19. The molecule has 2 atom stereocenters. The zero-order valence-corrected chi connectivity index (χ0v) is 24.3. The summed E-state index contributed by atoms with van der Waals surface area (Å²) in [5.74, 6) is -0.210. The van der Waals surface area contributed by atoms with Crippen LogP contribution in [0.25, 0.3) is 11.3 Å². The standard InChI is InChI=1S/C29H32ClN5O4S/c1-32-9-11-34(12-10-32)28(36)23-15-24-25-18(16-35(24)21-6-4-5-20(30)14-21)13-19(17-40(3,38)39)22-7-8-33(2)29(37)26(22)27(25)31-23/h4-8,13-14,16,23-24,31H,9-12,15,17H2,1-3H3. The first-order chi connectivity index (χ1) is 19.0. The fraction of sp³-hybridized carbons (Fsp3) is 0.379. The third kappa shape index (κ3) is 4.78. The normalized spacial score (nSPS) is 22.7. The number of sulfone groups is 1. The van der Waals surface area contributed by atoms with E-state index in [4.69, 9.17) is 11.6 Å². The lowest BCUT2D eigenvalue weighted by molar-refractivity contribution is -0.135. The number of allylic oxidation sites excluding steroid dienone is 1. The van der Waals surface area contributed by atoms with Gasteiger partial charge in [0.2, 0.25) is 5.91 Å². The van der Waals surface area contributed by atoms with E-state index < -0.39 is 15.9 Å². The number of nitrogens with one attached hydrogen (secondary N) is 1. The number of hydrogen-bond acceptors (Lipinski definition) is 7. The summed E-state index contributed by atoms with van der Waals surface area (Å²) in [7, 11) is 0.313. The number of aryl methyl sites for hydroxylation is 1. The fourth-order valence-corrected chi connectivity index (χ4v) is 7.13. The molecule has 4 aliphatic rings. The minimum absolute atomic E-state index is 0.00187. The molecule has 0 spiro atoms. The molecule has 1 amide bonds. The van der Waals surface area contributed by atoms with Crippen LogP contribution >= 0.6 is 11.6 Å². The summed E-state index contributed by atoms with van der Waals surface area (Å²) in [6.45, 7) is 2.89. The molecule has 9 nitrogen and oxygen atoms in total. The van der Waals surface area contributed by atoms with Gasteiger partial charge in [0.25, 0.3) is 5.56 Å². The number of rotatable bonds is 4. The van der Waals surface area contributed by atoms with Gasteiger partial charge < -0.3 is 24.6 Å². The van der Waals surface area contributed by atoms with E-state index in [-0.39, 0.29) is 23.3 Å². The number of benzene rings is 1. The third-order valence-corrected chi connectivity index (χ3v) is 9.21. The van der Waals surface area contributed by atoms with Gasteiger partial charge in [-0.15, -0.1) is 0 Å². The van der Waals surface area contributed by atoms with Gasteiger partial charge in [-0.1, -0.05) is 17.7 Å². The molecule has 0 bridgehead atoms. The van der Waals surface area contributed by atoms with Gasteiger partial charge in [0, 0.05) is 74.6 Å². The highest BCUT2D eigenvalue weighted by Gasteiger charge is 2.44. The Bertz CT molecular complexity index is 1670. The van der Waals surface area contributed by atoms with Crippen LogP contribution in [0, 0.1) is 0 Å². The average Bonchev–Trinajstić information content (AvgIpc) is 3.20. The Hall–Kier alpha value is -3.34. The van der Waals surface area contributed by atoms with Crippen LogP contribution < -0.4 is 15.8 Å². The molecular formula is C29H32ClN5O4S. The van der Waals surface area contributed by atoms with Crippen LogP contribution in [-0.4, -0.2) is 86.0 Å². The van der Waals surface area contributed by atoms with E-state index in [1.54, 1.807) is 19.3 Å². The predicted molar refractivity (Wildman–Crippen MR) is 158 cm³/mol. The Labute approximate surface area is 238 Å². The van der Waals surface area contributed by atoms with E-state index in [1.165, 1.54) is 10.8 Å². The fourth-order valence-electron chi connectivity index (χ4n) is 6.15. The molecule has 1 N–H and O–H groups in total. The Morgan fingerprint density at radius 2 is 1.88 bits per heavy atom. The lowest BCUT2D eigenvalue weighted by Crippen LogP contribution is -2.56. The van der Waals surface area contributed by atoms with Crippen LogP contribution in [0.2, 0.25) is 5.02 Å². The van der Waals surface area contributed by atoms with E-state index in [1.807, 2.05) is 48.5 Å². The van der Waals surface area contributed by atoms with Crippen molar-refractivity contribution in [2.24, 2.45) is 7.05 Å². The minimum Gasteiger partial charge on any atom is -0.373 e. The summed E-state index contributed by atoms with van der Waals surface area (Å²) in [6, 6.07) is 8.50. The summed E-state index contributed by atoms with van der Waals surface area (Å²) >= 11 is 6.37. The lowest BCUT2D eigenvalue weighted by Gasteiger charge is -2.40. The van der Waals surface area contributed by atoms with E-state index in [0.717, 1.165) is 29.9 Å². The highest BCUT2D eigenvalue weighted by Crippen LogP contribution is 2.45. The maximum atomic E-state index is 13.9. The number of carbonyl (C=O) groups excluding carboxylic acids is 1. The van der Waals surface area contributed by atoms with Gasteiger partial charge in [0.05, 0.1) is 23.1 Å². The highest BCUT2D eigenvalue weighted by atomic mass is 35.5. The van der Waals surface area contributed by atoms with E-state index in [9.17, 15) is 18.0 Å². The summed E-state index contributed by atoms with van der Waals surface area (Å²) in [5.41, 5.74) is 4.41. The van der Waals surface area contributed by atoms with Crippen molar-refractivity contribution >= 4 is 44.3 Å². The van der Waals surface area contributed by atoms with Crippen LogP contribution in [-0.2, 0) is 21.7 Å². The molecule has 11 heteroatoms. The minimum atomic E-state index is -3.41. The number of aromatic nitrogens is 1. The third-order valence-electron chi connectivity index (χ3n) is 8.14. The lowest BCUT2D eigenvalue weighted by atomic mass is 9.87. The molecule has 0 saturated carbocycles. The van der Waals surface area contributed by atoms with Crippen LogP contribution in [0.1, 0.15) is 17.5 Å². The van der Waals surface area contributed by atoms with Gasteiger partial charge >= 0.3 is 0 Å². The molecule has 210 valence electrons. The zero-order chi connectivity index (χ0) is 28.3. The number of likely N-dealkylation sites (N-methyl/N-ethyl adjacent to an activating group) is 1. The number of amides is 1. The SMILES string of the molecule is CN1CCN(C(=O)C2CC3C4=C(N2)c2c(ccn(C)c2=O)C(CS(C)(=O)=O)=CC4=CN3c2cccc(Cl)c2)CC1. The quantitative estimate of drug-likeness (QED) is 0.591. The summed E-state index contributed by atoms with van der Waals surface area (Å²) in [4.78, 5) is 33.8. The van der Waals surface area contributed by atoms with Crippen molar-refractivity contribution in [3.05, 3.63) is 86.5 Å². The molecule has 1 saturated heterocycles. The Morgan fingerprint density at radius 1 is 1.12 bits per heavy atom. The first-order valence-electron chi connectivity index (χ1n) is 13.3. The van der Waals surface area contributed by atoms with E-state index >= 15 is 0 Å². The van der Waals surface area contributed by atoms with Crippen molar-refractivity contribution in [2.45, 2.75) is 18.5 Å². The number of anilines is 1. The summed E-state index contributed by atoms with van der Waals surface area (Å²) in [5, 5.41) is 4.07. The number of piperazine rings is 1. The van der Waals surface area contributed by atoms with Crippen LogP contribution in [0.15, 0.2) is 64.7 Å². The van der Waals surface area contributed by atoms with E-state index in [2.05, 4.69) is 15.1 Å². The maximum absolute atomic E-state index is 13.9. The molecule has 1 aromatic heterocycles. The molecule has 3 aliphatic heterocycles. The predicted octanol–water partition coefficient (Wildman–Crippen LogP) is 2.10. The van der Waals surface area contributed by atoms with Gasteiger partial charge in [0.1, 0.15) is 6.04 Å². The number of pyridine rings is 1. The van der Waals surface area contributed by atoms with Crippen molar-refractivity contribution in [1.29, 1.82) is 0 Å². The summed E-state index contributed by atoms with van der Waals surface area (Å²) < 4.78 is 26.5. The van der Waals surface area contributed by atoms with Crippen molar-refractivity contribution in [1.82, 2.24) is 19.7 Å². The number of halogens is 1. The molecule has 2 aromatic rings. The van der Waals surface area contributed by atoms with Crippen molar-refractivity contribution < 1.29 is 13.2 Å². The molecule has 1 aliphatic carbocycles. The molecule has 6 rings (SSSR count). The molecule has 40 heavy (non-hydrogen) atoms. The molecule has 0 radical (unpaired) electrons. The molecule has 2 unspecified atom stereocenters. The number of nitrogens with zero attached hydrogens (tertiary/aromatic N) is 4. The molecule has 1 fully saturated rings. The topological polar surface area (TPSA) is 95.0 Å². The van der Waals surface area contributed by atoms with Gasteiger partial charge in [-0.25, -0.2) is 8.42 Å². The molecule has 1 aromatic carbocycles. The van der Waals surface area contributed by atoms with Gasteiger partial charge in [-0.3, -0.25) is 9.59 Å². The smallest absolute Gasteiger partial charge is 0.260 e. The first kappa shape index (κ1) is 26.9. The van der Waals surface area contributed by atoms with Gasteiger partial charge in [0.15, 0.2) is 9.84 Å². The Balaban J connectivity index is 1.54. The maximum Gasteiger partial charge on any atom is 0.260 e. The second-order valence-corrected chi connectivity index (χ2v) is 13.7. The van der Waals surface area contributed by atoms with E-state index in [0.29, 0.717) is 46.9 Å².